The lowest BCUT2D eigenvalue weighted by atomic mass is 9.85. The smallest absolute Gasteiger partial charge is 0.252 e. The standard InChI is InChI=1S/C17H25N5O2/c1-11-14(12(2)22-17(20-11)18-10-19-22)7-8-16(24)21-15-6-4-3-5-13(15)9-23/h10,13,15,23H,3-9H2,1-2H3,(H,21,24). The van der Waals surface area contributed by atoms with E-state index in [1.807, 2.05) is 13.8 Å². The maximum absolute atomic E-state index is 12.3. The molecule has 0 spiro atoms. The van der Waals surface area contributed by atoms with E-state index in [9.17, 15) is 9.90 Å². The molecule has 3 rings (SSSR count). The van der Waals surface area contributed by atoms with Gasteiger partial charge in [0, 0.05) is 36.4 Å². The minimum absolute atomic E-state index is 0.0397. The molecule has 130 valence electrons. The number of carbonyl (C=O) groups excluding carboxylic acids is 1. The van der Waals surface area contributed by atoms with E-state index in [0.717, 1.165) is 42.6 Å². The van der Waals surface area contributed by atoms with E-state index >= 15 is 0 Å². The number of amides is 1. The van der Waals surface area contributed by atoms with Gasteiger partial charge in [-0.1, -0.05) is 12.8 Å². The number of carbonyl (C=O) groups is 1. The van der Waals surface area contributed by atoms with Crippen molar-refractivity contribution in [3.8, 4) is 0 Å². The van der Waals surface area contributed by atoms with Crippen molar-refractivity contribution in [1.82, 2.24) is 24.9 Å². The fourth-order valence-electron chi connectivity index (χ4n) is 3.65. The molecular formula is C17H25N5O2. The van der Waals surface area contributed by atoms with Crippen LogP contribution >= 0.6 is 0 Å². The van der Waals surface area contributed by atoms with Crippen LogP contribution in [0.15, 0.2) is 6.33 Å². The van der Waals surface area contributed by atoms with Crippen molar-refractivity contribution in [2.75, 3.05) is 6.61 Å². The summed E-state index contributed by atoms with van der Waals surface area (Å²) in [7, 11) is 0. The normalized spacial score (nSPS) is 21.1. The fourth-order valence-corrected chi connectivity index (χ4v) is 3.65. The fraction of sp³-hybridized carbons (Fsp3) is 0.647. The molecule has 1 saturated carbocycles. The molecular weight excluding hydrogens is 306 g/mol. The van der Waals surface area contributed by atoms with Gasteiger partial charge in [0.05, 0.1) is 0 Å². The number of aryl methyl sites for hydroxylation is 2. The van der Waals surface area contributed by atoms with Gasteiger partial charge in [-0.05, 0) is 38.7 Å². The molecule has 24 heavy (non-hydrogen) atoms. The molecule has 0 saturated heterocycles. The zero-order valence-corrected chi connectivity index (χ0v) is 14.3. The van der Waals surface area contributed by atoms with Crippen LogP contribution in [-0.2, 0) is 11.2 Å². The summed E-state index contributed by atoms with van der Waals surface area (Å²) in [5.41, 5.74) is 2.92. The third-order valence-corrected chi connectivity index (χ3v) is 5.08. The Kier molecular flexibility index (Phi) is 5.08. The highest BCUT2D eigenvalue weighted by molar-refractivity contribution is 5.76. The Labute approximate surface area is 141 Å². The van der Waals surface area contributed by atoms with Gasteiger partial charge >= 0.3 is 0 Å². The van der Waals surface area contributed by atoms with Crippen molar-refractivity contribution in [2.24, 2.45) is 5.92 Å². The SMILES string of the molecule is Cc1nc2ncnn2c(C)c1CCC(=O)NC1CCCCC1CO. The first-order valence-corrected chi connectivity index (χ1v) is 8.66. The minimum atomic E-state index is 0.0397. The Balaban J connectivity index is 1.64. The molecule has 2 atom stereocenters. The van der Waals surface area contributed by atoms with E-state index < -0.39 is 0 Å². The summed E-state index contributed by atoms with van der Waals surface area (Å²) in [5, 5.41) is 16.7. The predicted molar refractivity (Wildman–Crippen MR) is 89.6 cm³/mol. The highest BCUT2D eigenvalue weighted by Crippen LogP contribution is 2.24. The Hall–Kier alpha value is -2.02. The highest BCUT2D eigenvalue weighted by atomic mass is 16.3. The predicted octanol–water partition coefficient (Wildman–Crippen LogP) is 1.34. The first kappa shape index (κ1) is 16.8. The van der Waals surface area contributed by atoms with Gasteiger partial charge in [0.1, 0.15) is 6.33 Å². The quantitative estimate of drug-likeness (QED) is 0.862. The summed E-state index contributed by atoms with van der Waals surface area (Å²) in [6.45, 7) is 4.07. The van der Waals surface area contributed by atoms with Gasteiger partial charge in [-0.25, -0.2) is 9.50 Å². The largest absolute Gasteiger partial charge is 0.396 e. The van der Waals surface area contributed by atoms with Crippen molar-refractivity contribution in [1.29, 1.82) is 0 Å². The molecule has 2 aromatic rings. The third-order valence-electron chi connectivity index (χ3n) is 5.08. The van der Waals surface area contributed by atoms with Crippen molar-refractivity contribution in [2.45, 2.75) is 58.4 Å². The third kappa shape index (κ3) is 3.40. The molecule has 2 aromatic heterocycles. The molecule has 2 heterocycles. The molecule has 0 radical (unpaired) electrons. The summed E-state index contributed by atoms with van der Waals surface area (Å²) in [6.07, 6.45) is 6.74. The monoisotopic (exact) mass is 331 g/mol. The van der Waals surface area contributed by atoms with E-state index in [2.05, 4.69) is 20.4 Å². The number of aliphatic hydroxyl groups is 1. The molecule has 2 N–H and O–H groups in total. The molecule has 1 amide bonds. The zero-order chi connectivity index (χ0) is 17.1. The van der Waals surface area contributed by atoms with Crippen LogP contribution in [-0.4, -0.2) is 43.2 Å². The second kappa shape index (κ2) is 7.25. The number of hydrogen-bond donors (Lipinski definition) is 2. The Morgan fingerprint density at radius 1 is 1.38 bits per heavy atom. The van der Waals surface area contributed by atoms with Crippen LogP contribution in [0.4, 0.5) is 0 Å². The topological polar surface area (TPSA) is 92.4 Å². The minimum Gasteiger partial charge on any atom is -0.396 e. The summed E-state index contributed by atoms with van der Waals surface area (Å²) >= 11 is 0. The lowest BCUT2D eigenvalue weighted by Gasteiger charge is -2.30. The molecule has 7 nitrogen and oxygen atoms in total. The van der Waals surface area contributed by atoms with Crippen LogP contribution in [0.1, 0.15) is 49.1 Å². The molecule has 2 unspecified atom stereocenters. The van der Waals surface area contributed by atoms with Gasteiger partial charge in [0.25, 0.3) is 5.78 Å². The highest BCUT2D eigenvalue weighted by Gasteiger charge is 2.25. The van der Waals surface area contributed by atoms with E-state index in [1.54, 1.807) is 4.52 Å². The van der Waals surface area contributed by atoms with Crippen LogP contribution in [0.25, 0.3) is 5.78 Å². The van der Waals surface area contributed by atoms with Crippen LogP contribution in [0.3, 0.4) is 0 Å². The van der Waals surface area contributed by atoms with Crippen LogP contribution in [0.2, 0.25) is 0 Å². The Bertz CT molecular complexity index is 727. The summed E-state index contributed by atoms with van der Waals surface area (Å²) < 4.78 is 1.71. The van der Waals surface area contributed by atoms with Crippen LogP contribution < -0.4 is 5.32 Å². The first-order valence-electron chi connectivity index (χ1n) is 8.66. The lowest BCUT2D eigenvalue weighted by Crippen LogP contribution is -2.43. The lowest BCUT2D eigenvalue weighted by molar-refractivity contribution is -0.122. The van der Waals surface area contributed by atoms with E-state index in [4.69, 9.17) is 0 Å². The van der Waals surface area contributed by atoms with Gasteiger partial charge < -0.3 is 10.4 Å². The Morgan fingerprint density at radius 3 is 2.96 bits per heavy atom. The number of hydrogen-bond acceptors (Lipinski definition) is 5. The molecule has 0 aromatic carbocycles. The number of aliphatic hydroxyl groups excluding tert-OH is 1. The molecule has 0 bridgehead atoms. The summed E-state index contributed by atoms with van der Waals surface area (Å²) in [6, 6.07) is 0.106. The number of nitrogens with one attached hydrogen (secondary N) is 1. The van der Waals surface area contributed by atoms with Gasteiger partial charge in [-0.2, -0.15) is 10.1 Å². The summed E-state index contributed by atoms with van der Waals surface area (Å²) in [5.74, 6) is 0.823. The zero-order valence-electron chi connectivity index (χ0n) is 14.3. The number of aromatic nitrogens is 4. The van der Waals surface area contributed by atoms with E-state index in [0.29, 0.717) is 18.6 Å². The van der Waals surface area contributed by atoms with Crippen molar-refractivity contribution in [3.05, 3.63) is 23.3 Å². The van der Waals surface area contributed by atoms with E-state index in [-0.39, 0.29) is 24.5 Å². The Morgan fingerprint density at radius 2 is 2.17 bits per heavy atom. The molecule has 7 heteroatoms. The van der Waals surface area contributed by atoms with Gasteiger partial charge in [-0.15, -0.1) is 0 Å². The summed E-state index contributed by atoms with van der Waals surface area (Å²) in [4.78, 5) is 20.9. The number of rotatable bonds is 5. The van der Waals surface area contributed by atoms with E-state index in [1.165, 1.54) is 6.33 Å². The van der Waals surface area contributed by atoms with Crippen LogP contribution in [0, 0.1) is 19.8 Å². The number of nitrogens with zero attached hydrogens (tertiary/aromatic N) is 4. The first-order chi connectivity index (χ1) is 11.6. The average Bonchev–Trinajstić information content (AvgIpc) is 3.03. The molecule has 0 aliphatic heterocycles. The second-order valence-corrected chi connectivity index (χ2v) is 6.63. The molecule has 1 fully saturated rings. The van der Waals surface area contributed by atoms with Gasteiger partial charge in [0.15, 0.2) is 0 Å². The van der Waals surface area contributed by atoms with Crippen molar-refractivity contribution < 1.29 is 9.90 Å². The number of fused-ring (bicyclic) bond motifs is 1. The maximum Gasteiger partial charge on any atom is 0.252 e. The van der Waals surface area contributed by atoms with Crippen molar-refractivity contribution >= 4 is 11.7 Å². The van der Waals surface area contributed by atoms with Gasteiger partial charge in [0.2, 0.25) is 5.91 Å². The van der Waals surface area contributed by atoms with Crippen molar-refractivity contribution in [3.63, 3.8) is 0 Å². The maximum atomic E-state index is 12.3. The molecule has 1 aliphatic carbocycles. The second-order valence-electron chi connectivity index (χ2n) is 6.63. The van der Waals surface area contributed by atoms with Crippen LogP contribution in [0.5, 0.6) is 0 Å². The molecule has 1 aliphatic rings. The van der Waals surface area contributed by atoms with Gasteiger partial charge in [-0.3, -0.25) is 4.79 Å². The average molecular weight is 331 g/mol.